The average molecular weight is 380 g/mol. The Bertz CT molecular complexity index is 806. The zero-order chi connectivity index (χ0) is 19.3. The maximum Gasteiger partial charge on any atom is 0.234 e. The Hall–Kier alpha value is -2.37. The van der Waals surface area contributed by atoms with Crippen molar-refractivity contribution in [1.82, 2.24) is 15.5 Å². The second-order valence-electron chi connectivity index (χ2n) is 7.58. The number of hydrogen-bond acceptors (Lipinski definition) is 4. The van der Waals surface area contributed by atoms with Gasteiger partial charge in [0.15, 0.2) is 0 Å². The summed E-state index contributed by atoms with van der Waals surface area (Å²) >= 11 is 0. The lowest BCUT2D eigenvalue weighted by Gasteiger charge is -2.36. The van der Waals surface area contributed by atoms with E-state index in [1.807, 2.05) is 24.3 Å². The number of fused-ring (bicyclic) bond motifs is 1. The van der Waals surface area contributed by atoms with Crippen LogP contribution in [0.3, 0.4) is 0 Å². The number of amides is 1. The molecule has 0 aromatic heterocycles. The van der Waals surface area contributed by atoms with E-state index in [2.05, 4.69) is 46.7 Å². The van der Waals surface area contributed by atoms with Crippen LogP contribution in [-0.2, 0) is 11.2 Å². The summed E-state index contributed by atoms with van der Waals surface area (Å²) in [5.74, 6) is 0.967. The highest BCUT2D eigenvalue weighted by atomic mass is 16.5. The van der Waals surface area contributed by atoms with Gasteiger partial charge < -0.3 is 15.4 Å². The number of hydrogen-bond donors (Lipinski definition) is 2. The molecule has 0 spiro atoms. The molecule has 0 radical (unpaired) electrons. The number of carbonyl (C=O) groups is 1. The summed E-state index contributed by atoms with van der Waals surface area (Å²) < 4.78 is 5.71. The van der Waals surface area contributed by atoms with Gasteiger partial charge in [0.1, 0.15) is 5.75 Å². The Morgan fingerprint density at radius 3 is 2.86 bits per heavy atom. The Morgan fingerprint density at radius 2 is 2.04 bits per heavy atom. The second-order valence-corrected chi connectivity index (χ2v) is 7.58. The minimum Gasteiger partial charge on any atom is -0.493 e. The largest absolute Gasteiger partial charge is 0.493 e. The lowest BCUT2D eigenvalue weighted by atomic mass is 10.00. The Kier molecular flexibility index (Phi) is 5.93. The highest BCUT2D eigenvalue weighted by Gasteiger charge is 2.28. The molecule has 1 fully saturated rings. The first-order valence-corrected chi connectivity index (χ1v) is 10.3. The summed E-state index contributed by atoms with van der Waals surface area (Å²) in [6, 6.07) is 17.0. The van der Waals surface area contributed by atoms with E-state index in [0.717, 1.165) is 43.8 Å². The molecular weight excluding hydrogens is 350 g/mol. The van der Waals surface area contributed by atoms with E-state index >= 15 is 0 Å². The molecule has 0 aliphatic carbocycles. The third kappa shape index (κ3) is 4.21. The van der Waals surface area contributed by atoms with Crippen LogP contribution >= 0.6 is 0 Å². The van der Waals surface area contributed by atoms with Crippen LogP contribution < -0.4 is 15.4 Å². The van der Waals surface area contributed by atoms with Crippen molar-refractivity contribution in [3.8, 4) is 5.75 Å². The zero-order valence-corrected chi connectivity index (χ0v) is 16.5. The van der Waals surface area contributed by atoms with Crippen molar-refractivity contribution in [3.63, 3.8) is 0 Å². The summed E-state index contributed by atoms with van der Waals surface area (Å²) in [6.45, 7) is 5.89. The van der Waals surface area contributed by atoms with Gasteiger partial charge >= 0.3 is 0 Å². The van der Waals surface area contributed by atoms with Crippen LogP contribution in [0.5, 0.6) is 5.75 Å². The van der Waals surface area contributed by atoms with Gasteiger partial charge in [-0.15, -0.1) is 0 Å². The summed E-state index contributed by atoms with van der Waals surface area (Å²) in [6.07, 6.45) is 1.86. The van der Waals surface area contributed by atoms with Crippen LogP contribution in [0.15, 0.2) is 48.5 Å². The fraction of sp³-hybridized carbons (Fsp3) is 0.435. The first-order chi connectivity index (χ1) is 13.7. The van der Waals surface area contributed by atoms with E-state index in [1.165, 1.54) is 11.1 Å². The zero-order valence-electron chi connectivity index (χ0n) is 16.5. The van der Waals surface area contributed by atoms with Gasteiger partial charge in [-0.25, -0.2) is 0 Å². The lowest BCUT2D eigenvalue weighted by molar-refractivity contribution is -0.124. The summed E-state index contributed by atoms with van der Waals surface area (Å²) in [4.78, 5) is 15.1. The minimum absolute atomic E-state index is 0.0302. The van der Waals surface area contributed by atoms with E-state index in [0.29, 0.717) is 13.2 Å². The van der Waals surface area contributed by atoms with E-state index in [-0.39, 0.29) is 18.0 Å². The number of nitrogens with one attached hydrogen (secondary N) is 2. The quantitative estimate of drug-likeness (QED) is 0.839. The van der Waals surface area contributed by atoms with E-state index in [1.54, 1.807) is 0 Å². The molecule has 2 aromatic carbocycles. The maximum absolute atomic E-state index is 12.9. The van der Waals surface area contributed by atoms with Crippen molar-refractivity contribution in [2.24, 2.45) is 0 Å². The first kappa shape index (κ1) is 19.0. The van der Waals surface area contributed by atoms with Gasteiger partial charge in [-0.2, -0.15) is 0 Å². The molecule has 0 bridgehead atoms. The smallest absolute Gasteiger partial charge is 0.234 e. The van der Waals surface area contributed by atoms with E-state index in [4.69, 9.17) is 4.74 Å². The van der Waals surface area contributed by atoms with Gasteiger partial charge in [-0.3, -0.25) is 9.69 Å². The second kappa shape index (κ2) is 8.76. The predicted molar refractivity (Wildman–Crippen MR) is 110 cm³/mol. The molecule has 2 aliphatic heterocycles. The minimum atomic E-state index is 0.0302. The van der Waals surface area contributed by atoms with Gasteiger partial charge in [0, 0.05) is 37.7 Å². The number of piperazine rings is 1. The number of rotatable bonds is 5. The average Bonchev–Trinajstić information content (AvgIpc) is 2.74. The molecule has 2 unspecified atom stereocenters. The number of carbonyl (C=O) groups excluding carboxylic acids is 1. The number of nitrogens with zero attached hydrogens (tertiary/aromatic N) is 1. The molecule has 5 heteroatoms. The third-order valence-corrected chi connectivity index (χ3v) is 5.77. The Morgan fingerprint density at radius 1 is 1.21 bits per heavy atom. The molecule has 2 atom stereocenters. The topological polar surface area (TPSA) is 53.6 Å². The SMILES string of the molecule is CCc1ccc(C2CNCCN2CC(=O)NC2CCOc3ccccc32)cc1. The van der Waals surface area contributed by atoms with E-state index in [9.17, 15) is 4.79 Å². The van der Waals surface area contributed by atoms with Crippen molar-refractivity contribution in [2.45, 2.75) is 31.8 Å². The van der Waals surface area contributed by atoms with Crippen molar-refractivity contribution in [2.75, 3.05) is 32.8 Å². The van der Waals surface area contributed by atoms with Gasteiger partial charge in [0.05, 0.1) is 19.2 Å². The van der Waals surface area contributed by atoms with Crippen LogP contribution in [0.2, 0.25) is 0 Å². The highest BCUT2D eigenvalue weighted by molar-refractivity contribution is 5.78. The first-order valence-electron chi connectivity index (χ1n) is 10.3. The van der Waals surface area contributed by atoms with Crippen LogP contribution in [0.1, 0.15) is 42.1 Å². The molecule has 2 aromatic rings. The molecule has 148 valence electrons. The summed E-state index contributed by atoms with van der Waals surface area (Å²) in [7, 11) is 0. The van der Waals surface area contributed by atoms with Gasteiger partial charge in [-0.05, 0) is 23.6 Å². The molecule has 2 N–H and O–H groups in total. The fourth-order valence-corrected chi connectivity index (χ4v) is 4.16. The Balaban J connectivity index is 1.42. The molecule has 0 saturated carbocycles. The summed E-state index contributed by atoms with van der Waals surface area (Å²) in [5, 5.41) is 6.70. The molecular formula is C23H29N3O2. The van der Waals surface area contributed by atoms with Crippen molar-refractivity contribution in [1.29, 1.82) is 0 Å². The fourth-order valence-electron chi connectivity index (χ4n) is 4.16. The monoisotopic (exact) mass is 379 g/mol. The molecule has 4 rings (SSSR count). The van der Waals surface area contributed by atoms with Crippen LogP contribution in [0.25, 0.3) is 0 Å². The highest BCUT2D eigenvalue weighted by Crippen LogP contribution is 2.31. The standard InChI is InChI=1S/C23H29N3O2/c1-2-17-7-9-18(10-8-17)21-15-24-12-13-26(21)16-23(27)25-20-11-14-28-22-6-4-3-5-19(20)22/h3-10,20-21,24H,2,11-16H2,1H3,(H,25,27). The third-order valence-electron chi connectivity index (χ3n) is 5.77. The normalized spacial score (nSPS) is 22.2. The summed E-state index contributed by atoms with van der Waals surface area (Å²) in [5.41, 5.74) is 3.69. The number of benzene rings is 2. The van der Waals surface area contributed by atoms with E-state index < -0.39 is 0 Å². The van der Waals surface area contributed by atoms with Crippen molar-refractivity contribution >= 4 is 5.91 Å². The van der Waals surface area contributed by atoms with Crippen molar-refractivity contribution < 1.29 is 9.53 Å². The van der Waals surface area contributed by atoms with Crippen LogP contribution in [0.4, 0.5) is 0 Å². The number of ether oxygens (including phenoxy) is 1. The van der Waals surface area contributed by atoms with Crippen molar-refractivity contribution in [3.05, 3.63) is 65.2 Å². The molecule has 1 saturated heterocycles. The number of aryl methyl sites for hydroxylation is 1. The predicted octanol–water partition coefficient (Wildman–Crippen LogP) is 2.84. The van der Waals surface area contributed by atoms with Gasteiger partial charge in [-0.1, -0.05) is 49.4 Å². The molecule has 1 amide bonds. The van der Waals surface area contributed by atoms with Gasteiger partial charge in [0.2, 0.25) is 5.91 Å². The molecule has 28 heavy (non-hydrogen) atoms. The number of para-hydroxylation sites is 1. The molecule has 5 nitrogen and oxygen atoms in total. The molecule has 2 aliphatic rings. The lowest BCUT2D eigenvalue weighted by Crippen LogP contribution is -2.50. The van der Waals surface area contributed by atoms with Gasteiger partial charge in [0.25, 0.3) is 0 Å². The maximum atomic E-state index is 12.9. The van der Waals surface area contributed by atoms with Crippen LogP contribution in [-0.4, -0.2) is 43.6 Å². The Labute approximate surface area is 167 Å². The van der Waals surface area contributed by atoms with Crippen LogP contribution in [0, 0.1) is 0 Å². The molecule has 2 heterocycles.